The molecule has 1 aromatic heterocycles. The normalized spacial score (nSPS) is 24.9. The van der Waals surface area contributed by atoms with Crippen LogP contribution in [0.5, 0.6) is 0 Å². The first-order chi connectivity index (χ1) is 8.74. The number of rotatable bonds is 3. The zero-order valence-electron chi connectivity index (χ0n) is 10.1. The van der Waals surface area contributed by atoms with Gasteiger partial charge in [-0.3, -0.25) is 9.59 Å². The fourth-order valence-corrected chi connectivity index (χ4v) is 3.02. The van der Waals surface area contributed by atoms with E-state index in [1.54, 1.807) is 11.3 Å². The smallest absolute Gasteiger partial charge is 0.245 e. The number of nitrogens with zero attached hydrogens (tertiary/aromatic N) is 1. The Bertz CT molecular complexity index is 454. The van der Waals surface area contributed by atoms with Crippen molar-refractivity contribution in [2.75, 3.05) is 6.54 Å². The molecule has 1 saturated heterocycles. The van der Waals surface area contributed by atoms with Crippen LogP contribution < -0.4 is 5.32 Å². The van der Waals surface area contributed by atoms with E-state index < -0.39 is 0 Å². The van der Waals surface area contributed by atoms with E-state index >= 15 is 0 Å². The average molecular weight is 264 g/mol. The highest BCUT2D eigenvalue weighted by atomic mass is 32.1. The summed E-state index contributed by atoms with van der Waals surface area (Å²) < 4.78 is 0. The van der Waals surface area contributed by atoms with Crippen molar-refractivity contribution in [3.8, 4) is 0 Å². The van der Waals surface area contributed by atoms with E-state index in [0.717, 1.165) is 18.4 Å². The minimum absolute atomic E-state index is 0.00747. The van der Waals surface area contributed by atoms with Crippen LogP contribution in [-0.2, 0) is 16.1 Å². The molecule has 96 valence electrons. The molecule has 1 N–H and O–H groups in total. The summed E-state index contributed by atoms with van der Waals surface area (Å²) in [5.74, 6) is 0.465. The highest BCUT2D eigenvalue weighted by Crippen LogP contribution is 2.34. The maximum Gasteiger partial charge on any atom is 0.245 e. The van der Waals surface area contributed by atoms with E-state index in [4.69, 9.17) is 0 Å². The molecule has 18 heavy (non-hydrogen) atoms. The summed E-state index contributed by atoms with van der Waals surface area (Å²) in [6.45, 7) is 1.16. The quantitative estimate of drug-likeness (QED) is 0.896. The first kappa shape index (κ1) is 11.7. The van der Waals surface area contributed by atoms with Crippen molar-refractivity contribution < 1.29 is 9.59 Å². The molecule has 0 aromatic carbocycles. The third-order valence-electron chi connectivity index (χ3n) is 3.55. The number of nitrogens with one attached hydrogen (secondary N) is 1. The maximum absolute atomic E-state index is 12.4. The Morgan fingerprint density at radius 1 is 1.39 bits per heavy atom. The maximum atomic E-state index is 12.4. The zero-order valence-corrected chi connectivity index (χ0v) is 10.9. The molecule has 1 saturated carbocycles. The molecule has 2 heterocycles. The number of thiophene rings is 1. The molecule has 5 heteroatoms. The predicted octanol–water partition coefficient (Wildman–Crippen LogP) is 1.38. The minimum atomic E-state index is -0.279. The number of amides is 2. The lowest BCUT2D eigenvalue weighted by molar-refractivity contribution is -0.134. The van der Waals surface area contributed by atoms with Gasteiger partial charge < -0.3 is 10.2 Å². The summed E-state index contributed by atoms with van der Waals surface area (Å²) in [4.78, 5) is 25.9. The van der Waals surface area contributed by atoms with Gasteiger partial charge in [-0.05, 0) is 41.1 Å². The van der Waals surface area contributed by atoms with Gasteiger partial charge in [-0.1, -0.05) is 0 Å². The molecule has 2 fully saturated rings. The van der Waals surface area contributed by atoms with Crippen LogP contribution in [0, 0.1) is 5.92 Å². The van der Waals surface area contributed by atoms with Crippen LogP contribution in [-0.4, -0.2) is 29.3 Å². The summed E-state index contributed by atoms with van der Waals surface area (Å²) in [5, 5.41) is 6.94. The molecule has 2 aliphatic rings. The first-order valence-corrected chi connectivity index (χ1v) is 7.27. The van der Waals surface area contributed by atoms with E-state index in [-0.39, 0.29) is 17.9 Å². The molecule has 1 atom stereocenters. The van der Waals surface area contributed by atoms with Crippen LogP contribution in [0.15, 0.2) is 16.8 Å². The first-order valence-electron chi connectivity index (χ1n) is 6.33. The Morgan fingerprint density at radius 3 is 2.89 bits per heavy atom. The summed E-state index contributed by atoms with van der Waals surface area (Å²) >= 11 is 1.63. The molecule has 4 nitrogen and oxygen atoms in total. The molecule has 3 rings (SSSR count). The molecule has 0 bridgehead atoms. The third kappa shape index (κ3) is 2.41. The van der Waals surface area contributed by atoms with Gasteiger partial charge in [-0.25, -0.2) is 0 Å². The second kappa shape index (κ2) is 4.72. The van der Waals surface area contributed by atoms with Crippen molar-refractivity contribution >= 4 is 23.2 Å². The van der Waals surface area contributed by atoms with Gasteiger partial charge >= 0.3 is 0 Å². The van der Waals surface area contributed by atoms with Crippen molar-refractivity contribution in [3.05, 3.63) is 22.4 Å². The number of carbonyl (C=O) groups excluding carboxylic acids is 2. The predicted molar refractivity (Wildman–Crippen MR) is 69.0 cm³/mol. The van der Waals surface area contributed by atoms with Crippen LogP contribution in [0.3, 0.4) is 0 Å². The summed E-state index contributed by atoms with van der Waals surface area (Å²) in [6, 6.07) is 1.75. The largest absolute Gasteiger partial charge is 0.344 e. The van der Waals surface area contributed by atoms with Gasteiger partial charge in [0.05, 0.1) is 0 Å². The Labute approximate surface area is 110 Å². The SMILES string of the molecule is O=C1CCN(Cc2ccsc2)C(=O)C(C2CC2)N1. The molecule has 2 amide bonds. The van der Waals surface area contributed by atoms with Crippen LogP contribution >= 0.6 is 11.3 Å². The monoisotopic (exact) mass is 264 g/mol. The zero-order chi connectivity index (χ0) is 12.5. The minimum Gasteiger partial charge on any atom is -0.344 e. The highest BCUT2D eigenvalue weighted by molar-refractivity contribution is 7.07. The van der Waals surface area contributed by atoms with Gasteiger partial charge in [0.1, 0.15) is 6.04 Å². The third-order valence-corrected chi connectivity index (χ3v) is 4.28. The number of hydrogen-bond acceptors (Lipinski definition) is 3. The van der Waals surface area contributed by atoms with E-state index in [0.29, 0.717) is 25.4 Å². The molecular weight excluding hydrogens is 248 g/mol. The van der Waals surface area contributed by atoms with Crippen molar-refractivity contribution in [1.82, 2.24) is 10.2 Å². The molecule has 0 radical (unpaired) electrons. The Hall–Kier alpha value is -1.36. The lowest BCUT2D eigenvalue weighted by atomic mass is 10.1. The van der Waals surface area contributed by atoms with Gasteiger partial charge in [0.25, 0.3) is 0 Å². The molecule has 1 aliphatic heterocycles. The van der Waals surface area contributed by atoms with Gasteiger partial charge in [0, 0.05) is 19.5 Å². The molecule has 0 spiro atoms. The molecule has 1 aromatic rings. The fraction of sp³-hybridized carbons (Fsp3) is 0.538. The van der Waals surface area contributed by atoms with Crippen LogP contribution in [0.25, 0.3) is 0 Å². The van der Waals surface area contributed by atoms with Crippen LogP contribution in [0.4, 0.5) is 0 Å². The van der Waals surface area contributed by atoms with Crippen LogP contribution in [0.1, 0.15) is 24.8 Å². The van der Waals surface area contributed by atoms with Gasteiger partial charge in [0.2, 0.25) is 11.8 Å². The van der Waals surface area contributed by atoms with Gasteiger partial charge in [-0.2, -0.15) is 11.3 Å². The lowest BCUT2D eigenvalue weighted by Crippen LogP contribution is -2.45. The second-order valence-electron chi connectivity index (χ2n) is 5.02. The topological polar surface area (TPSA) is 49.4 Å². The number of hydrogen-bond donors (Lipinski definition) is 1. The van der Waals surface area contributed by atoms with Crippen molar-refractivity contribution in [2.45, 2.75) is 31.8 Å². The van der Waals surface area contributed by atoms with E-state index in [1.165, 1.54) is 0 Å². The van der Waals surface area contributed by atoms with E-state index in [9.17, 15) is 9.59 Å². The van der Waals surface area contributed by atoms with Crippen molar-refractivity contribution in [3.63, 3.8) is 0 Å². The summed E-state index contributed by atoms with van der Waals surface area (Å²) in [5.41, 5.74) is 1.15. The Kier molecular flexibility index (Phi) is 3.07. The van der Waals surface area contributed by atoms with E-state index in [2.05, 4.69) is 10.7 Å². The standard InChI is InChI=1S/C13H16N2O2S/c16-11-3-5-15(7-9-4-6-18-8-9)13(17)12(14-11)10-1-2-10/h4,6,8,10,12H,1-3,5,7H2,(H,14,16). The number of carbonyl (C=O) groups is 2. The fourth-order valence-electron chi connectivity index (χ4n) is 2.36. The van der Waals surface area contributed by atoms with Gasteiger partial charge in [-0.15, -0.1) is 0 Å². The summed E-state index contributed by atoms with van der Waals surface area (Å²) in [6.07, 6.45) is 2.53. The highest BCUT2D eigenvalue weighted by Gasteiger charge is 2.40. The summed E-state index contributed by atoms with van der Waals surface area (Å²) in [7, 11) is 0. The molecule has 1 aliphatic carbocycles. The van der Waals surface area contributed by atoms with Crippen LogP contribution in [0.2, 0.25) is 0 Å². The van der Waals surface area contributed by atoms with Crippen molar-refractivity contribution in [2.24, 2.45) is 5.92 Å². The second-order valence-corrected chi connectivity index (χ2v) is 5.80. The van der Waals surface area contributed by atoms with Crippen molar-refractivity contribution in [1.29, 1.82) is 0 Å². The van der Waals surface area contributed by atoms with E-state index in [1.807, 2.05) is 16.3 Å². The molecular formula is C13H16N2O2S. The lowest BCUT2D eigenvalue weighted by Gasteiger charge is -2.23. The van der Waals surface area contributed by atoms with Gasteiger partial charge in [0.15, 0.2) is 0 Å². The molecule has 1 unspecified atom stereocenters. The average Bonchev–Trinajstić information content (AvgIpc) is 3.09. The Morgan fingerprint density at radius 2 is 2.22 bits per heavy atom. The Balaban J connectivity index is 1.75.